The number of rotatable bonds is 5. The van der Waals surface area contributed by atoms with Crippen LogP contribution in [0.4, 0.5) is 0 Å². The SMILES string of the molecule is NCC(NC(=O)CCS)C(=O)O. The Labute approximate surface area is 75.7 Å². The lowest BCUT2D eigenvalue weighted by molar-refractivity contribution is -0.141. The Hall–Kier alpha value is -0.750. The van der Waals surface area contributed by atoms with E-state index in [9.17, 15) is 9.59 Å². The van der Waals surface area contributed by atoms with Crippen molar-refractivity contribution in [1.82, 2.24) is 5.32 Å². The molecule has 12 heavy (non-hydrogen) atoms. The third-order valence-corrected chi connectivity index (χ3v) is 1.43. The van der Waals surface area contributed by atoms with E-state index >= 15 is 0 Å². The van der Waals surface area contributed by atoms with E-state index in [1.165, 1.54) is 0 Å². The molecule has 0 heterocycles. The number of carbonyl (C=O) groups excluding carboxylic acids is 1. The molecule has 1 amide bonds. The van der Waals surface area contributed by atoms with Crippen LogP contribution in [-0.2, 0) is 9.59 Å². The highest BCUT2D eigenvalue weighted by Gasteiger charge is 2.16. The molecule has 0 aliphatic carbocycles. The second-order valence-electron chi connectivity index (χ2n) is 2.17. The lowest BCUT2D eigenvalue weighted by Gasteiger charge is -2.10. The van der Waals surface area contributed by atoms with Crippen molar-refractivity contribution in [1.29, 1.82) is 0 Å². The van der Waals surface area contributed by atoms with Crippen molar-refractivity contribution in [2.45, 2.75) is 12.5 Å². The Morgan fingerprint density at radius 1 is 1.58 bits per heavy atom. The first-order valence-electron chi connectivity index (χ1n) is 3.45. The van der Waals surface area contributed by atoms with E-state index in [2.05, 4.69) is 17.9 Å². The largest absolute Gasteiger partial charge is 0.480 e. The van der Waals surface area contributed by atoms with Crippen LogP contribution in [0.2, 0.25) is 0 Å². The van der Waals surface area contributed by atoms with Gasteiger partial charge in [0.05, 0.1) is 0 Å². The van der Waals surface area contributed by atoms with Gasteiger partial charge in [0.25, 0.3) is 0 Å². The molecule has 0 rings (SSSR count). The van der Waals surface area contributed by atoms with Crippen LogP contribution < -0.4 is 11.1 Å². The molecule has 1 atom stereocenters. The van der Waals surface area contributed by atoms with Crippen LogP contribution in [0.3, 0.4) is 0 Å². The number of nitrogens with one attached hydrogen (secondary N) is 1. The molecule has 0 aromatic rings. The van der Waals surface area contributed by atoms with Crippen LogP contribution in [0.15, 0.2) is 0 Å². The molecule has 0 spiro atoms. The summed E-state index contributed by atoms with van der Waals surface area (Å²) in [5, 5.41) is 10.7. The highest BCUT2D eigenvalue weighted by molar-refractivity contribution is 7.80. The van der Waals surface area contributed by atoms with E-state index in [0.29, 0.717) is 5.75 Å². The molecule has 0 bridgehead atoms. The van der Waals surface area contributed by atoms with Crippen molar-refractivity contribution < 1.29 is 14.7 Å². The maximum atomic E-state index is 10.8. The minimum absolute atomic E-state index is 0.104. The summed E-state index contributed by atoms with van der Waals surface area (Å²) in [6, 6.07) is -0.989. The number of carbonyl (C=O) groups is 2. The quantitative estimate of drug-likeness (QED) is 0.413. The molecule has 0 aliphatic heterocycles. The number of thiol groups is 1. The third kappa shape index (κ3) is 4.20. The summed E-state index contributed by atoms with van der Waals surface area (Å²) >= 11 is 3.82. The molecule has 0 fully saturated rings. The lowest BCUT2D eigenvalue weighted by Crippen LogP contribution is -2.45. The van der Waals surface area contributed by atoms with Gasteiger partial charge in [0.1, 0.15) is 6.04 Å². The first-order chi connectivity index (χ1) is 5.61. The lowest BCUT2D eigenvalue weighted by atomic mass is 10.3. The van der Waals surface area contributed by atoms with E-state index < -0.39 is 12.0 Å². The third-order valence-electron chi connectivity index (χ3n) is 1.21. The number of carboxylic acid groups (broad SMARTS) is 1. The topological polar surface area (TPSA) is 92.4 Å². The molecule has 0 aromatic heterocycles. The summed E-state index contributed by atoms with van der Waals surface area (Å²) < 4.78 is 0. The molecule has 0 radical (unpaired) electrons. The monoisotopic (exact) mass is 192 g/mol. The first kappa shape index (κ1) is 11.2. The molecule has 70 valence electrons. The summed E-state index contributed by atoms with van der Waals surface area (Å²) in [6.07, 6.45) is 0.201. The fraction of sp³-hybridized carbons (Fsp3) is 0.667. The molecular weight excluding hydrogens is 180 g/mol. The number of carboxylic acids is 1. The van der Waals surface area contributed by atoms with Crippen molar-refractivity contribution >= 4 is 24.5 Å². The normalized spacial score (nSPS) is 12.2. The smallest absolute Gasteiger partial charge is 0.327 e. The Morgan fingerprint density at radius 3 is 2.50 bits per heavy atom. The van der Waals surface area contributed by atoms with Gasteiger partial charge in [0, 0.05) is 13.0 Å². The minimum atomic E-state index is -1.12. The molecule has 6 heteroatoms. The number of amides is 1. The summed E-state index contributed by atoms with van der Waals surface area (Å²) in [5.74, 6) is -1.07. The maximum Gasteiger partial charge on any atom is 0.327 e. The van der Waals surface area contributed by atoms with Gasteiger partial charge in [-0.3, -0.25) is 4.79 Å². The molecule has 0 aromatic carbocycles. The summed E-state index contributed by atoms with van der Waals surface area (Å²) in [5.41, 5.74) is 5.10. The molecule has 0 saturated carbocycles. The van der Waals surface area contributed by atoms with Gasteiger partial charge in [0.2, 0.25) is 5.91 Å². The number of hydrogen-bond acceptors (Lipinski definition) is 4. The fourth-order valence-corrected chi connectivity index (χ4v) is 0.793. The van der Waals surface area contributed by atoms with Crippen LogP contribution in [0.5, 0.6) is 0 Å². The molecule has 4 N–H and O–H groups in total. The van der Waals surface area contributed by atoms with Gasteiger partial charge in [0.15, 0.2) is 0 Å². The van der Waals surface area contributed by atoms with Crippen LogP contribution in [0, 0.1) is 0 Å². The van der Waals surface area contributed by atoms with E-state index in [-0.39, 0.29) is 18.9 Å². The Morgan fingerprint density at radius 2 is 2.17 bits per heavy atom. The predicted molar refractivity (Wildman–Crippen MR) is 47.1 cm³/mol. The Balaban J connectivity index is 3.85. The van der Waals surface area contributed by atoms with Crippen LogP contribution >= 0.6 is 12.6 Å². The zero-order chi connectivity index (χ0) is 9.56. The summed E-state index contributed by atoms with van der Waals surface area (Å²) in [4.78, 5) is 21.2. The van der Waals surface area contributed by atoms with Crippen molar-refractivity contribution in [2.75, 3.05) is 12.3 Å². The highest BCUT2D eigenvalue weighted by Crippen LogP contribution is 1.86. The van der Waals surface area contributed by atoms with Crippen LogP contribution in [0.25, 0.3) is 0 Å². The molecule has 5 nitrogen and oxygen atoms in total. The molecule has 0 aliphatic rings. The summed E-state index contributed by atoms with van der Waals surface area (Å²) in [7, 11) is 0. The van der Waals surface area contributed by atoms with E-state index in [1.54, 1.807) is 0 Å². The zero-order valence-corrected chi connectivity index (χ0v) is 7.38. The molecular formula is C6H12N2O3S. The minimum Gasteiger partial charge on any atom is -0.480 e. The summed E-state index contributed by atoms with van der Waals surface area (Å²) in [6.45, 7) is -0.104. The van der Waals surface area contributed by atoms with Gasteiger partial charge in [-0.25, -0.2) is 4.79 Å². The highest BCUT2D eigenvalue weighted by atomic mass is 32.1. The Bertz CT molecular complexity index is 174. The molecule has 1 unspecified atom stereocenters. The first-order valence-corrected chi connectivity index (χ1v) is 4.08. The predicted octanol–water partition coefficient (Wildman–Crippen LogP) is -1.17. The second-order valence-corrected chi connectivity index (χ2v) is 2.61. The van der Waals surface area contributed by atoms with E-state index in [1.807, 2.05) is 0 Å². The second kappa shape index (κ2) is 5.84. The number of hydrogen-bond donors (Lipinski definition) is 4. The average molecular weight is 192 g/mol. The number of nitrogens with two attached hydrogens (primary N) is 1. The van der Waals surface area contributed by atoms with Crippen molar-refractivity contribution in [2.24, 2.45) is 5.73 Å². The van der Waals surface area contributed by atoms with E-state index in [4.69, 9.17) is 10.8 Å². The van der Waals surface area contributed by atoms with Crippen molar-refractivity contribution in [3.05, 3.63) is 0 Å². The van der Waals surface area contributed by atoms with Gasteiger partial charge in [-0.2, -0.15) is 12.6 Å². The van der Waals surface area contributed by atoms with Crippen molar-refractivity contribution in [3.63, 3.8) is 0 Å². The van der Waals surface area contributed by atoms with Gasteiger partial charge in [-0.15, -0.1) is 0 Å². The Kier molecular flexibility index (Phi) is 5.48. The van der Waals surface area contributed by atoms with Crippen LogP contribution in [-0.4, -0.2) is 35.3 Å². The maximum absolute atomic E-state index is 10.8. The van der Waals surface area contributed by atoms with Gasteiger partial charge >= 0.3 is 5.97 Å². The van der Waals surface area contributed by atoms with Crippen LogP contribution in [0.1, 0.15) is 6.42 Å². The van der Waals surface area contributed by atoms with E-state index in [0.717, 1.165) is 0 Å². The van der Waals surface area contributed by atoms with Gasteiger partial charge < -0.3 is 16.2 Å². The average Bonchev–Trinajstić information content (AvgIpc) is 2.00. The van der Waals surface area contributed by atoms with Gasteiger partial charge in [-0.1, -0.05) is 0 Å². The van der Waals surface area contributed by atoms with Crippen molar-refractivity contribution in [3.8, 4) is 0 Å². The van der Waals surface area contributed by atoms with Gasteiger partial charge in [-0.05, 0) is 5.75 Å². The number of aliphatic carboxylic acids is 1. The zero-order valence-electron chi connectivity index (χ0n) is 6.49. The standard InChI is InChI=1S/C6H12N2O3S/c7-3-4(6(10)11)8-5(9)1-2-12/h4,12H,1-3,7H2,(H,8,9)(H,10,11). The molecule has 0 saturated heterocycles. The fourth-order valence-electron chi connectivity index (χ4n) is 0.590.